The van der Waals surface area contributed by atoms with Gasteiger partial charge in [-0.1, -0.05) is 30.7 Å². The average molecular weight is 248 g/mol. The van der Waals surface area contributed by atoms with E-state index in [2.05, 4.69) is 30.2 Å². The maximum Gasteiger partial charge on any atom is 0.224 e. The maximum atomic E-state index is 12.1. The van der Waals surface area contributed by atoms with E-state index in [-0.39, 0.29) is 5.91 Å². The van der Waals surface area contributed by atoms with Crippen molar-refractivity contribution < 1.29 is 4.79 Å². The molecule has 5 heteroatoms. The number of rotatable bonds is 4. The van der Waals surface area contributed by atoms with E-state index in [0.29, 0.717) is 18.9 Å². The number of hydrogen-bond acceptors (Lipinski definition) is 3. The van der Waals surface area contributed by atoms with E-state index in [1.54, 1.807) is 17.1 Å². The van der Waals surface area contributed by atoms with Gasteiger partial charge in [0.25, 0.3) is 0 Å². The highest BCUT2D eigenvalue weighted by Crippen LogP contribution is 2.17. The molecule has 1 aromatic rings. The maximum absolute atomic E-state index is 12.1. The van der Waals surface area contributed by atoms with Crippen LogP contribution < -0.4 is 0 Å². The number of aromatic nitrogens is 3. The van der Waals surface area contributed by atoms with Gasteiger partial charge in [-0.3, -0.25) is 9.48 Å². The van der Waals surface area contributed by atoms with Crippen LogP contribution >= 0.6 is 0 Å². The van der Waals surface area contributed by atoms with Gasteiger partial charge in [-0.15, -0.1) is 5.10 Å². The van der Waals surface area contributed by atoms with Gasteiger partial charge >= 0.3 is 0 Å². The standard InChI is InChI=1S/C13H20N4O/c1-11(2)12-4-3-7-16(10-12)13(18)5-8-17-9-6-14-15-17/h4,6,9,11H,3,5,7-8,10H2,1-2H3. The molecule has 0 aromatic carbocycles. The van der Waals surface area contributed by atoms with Crippen molar-refractivity contribution in [2.75, 3.05) is 13.1 Å². The zero-order valence-electron chi connectivity index (χ0n) is 11.0. The van der Waals surface area contributed by atoms with Gasteiger partial charge < -0.3 is 4.90 Å². The molecule has 0 bridgehead atoms. The number of amides is 1. The molecular weight excluding hydrogens is 228 g/mol. The fraction of sp³-hybridized carbons (Fsp3) is 0.615. The third kappa shape index (κ3) is 3.18. The number of aryl methyl sites for hydroxylation is 1. The Hall–Kier alpha value is -1.65. The van der Waals surface area contributed by atoms with Crippen molar-refractivity contribution in [1.82, 2.24) is 19.9 Å². The van der Waals surface area contributed by atoms with E-state index in [0.717, 1.165) is 19.5 Å². The minimum Gasteiger partial charge on any atom is -0.338 e. The number of carbonyl (C=O) groups excluding carboxylic acids is 1. The molecule has 1 aliphatic heterocycles. The Morgan fingerprint density at radius 3 is 3.00 bits per heavy atom. The van der Waals surface area contributed by atoms with Crippen LogP contribution in [0.2, 0.25) is 0 Å². The first-order valence-corrected chi connectivity index (χ1v) is 6.47. The second kappa shape index (κ2) is 5.80. The summed E-state index contributed by atoms with van der Waals surface area (Å²) in [5, 5.41) is 7.59. The van der Waals surface area contributed by atoms with Crippen molar-refractivity contribution in [1.29, 1.82) is 0 Å². The Labute approximate surface area is 107 Å². The molecule has 2 heterocycles. The highest BCUT2D eigenvalue weighted by molar-refractivity contribution is 5.76. The lowest BCUT2D eigenvalue weighted by Gasteiger charge is -2.29. The van der Waals surface area contributed by atoms with Crippen LogP contribution in [0.15, 0.2) is 24.0 Å². The van der Waals surface area contributed by atoms with Crippen molar-refractivity contribution in [3.8, 4) is 0 Å². The first kappa shape index (κ1) is 12.8. The minimum absolute atomic E-state index is 0.205. The number of carbonyl (C=O) groups is 1. The summed E-state index contributed by atoms with van der Waals surface area (Å²) in [4.78, 5) is 14.0. The molecule has 0 aliphatic carbocycles. The molecule has 0 N–H and O–H groups in total. The van der Waals surface area contributed by atoms with Crippen LogP contribution in [0.4, 0.5) is 0 Å². The highest BCUT2D eigenvalue weighted by atomic mass is 16.2. The lowest BCUT2D eigenvalue weighted by Crippen LogP contribution is -2.37. The van der Waals surface area contributed by atoms with E-state index in [4.69, 9.17) is 0 Å². The summed E-state index contributed by atoms with van der Waals surface area (Å²) in [5.74, 6) is 0.729. The van der Waals surface area contributed by atoms with Gasteiger partial charge in [-0.25, -0.2) is 0 Å². The monoisotopic (exact) mass is 248 g/mol. The van der Waals surface area contributed by atoms with Crippen LogP contribution in [-0.2, 0) is 11.3 Å². The second-order valence-electron chi connectivity index (χ2n) is 4.95. The van der Waals surface area contributed by atoms with Crippen molar-refractivity contribution in [3.05, 3.63) is 24.0 Å². The van der Waals surface area contributed by atoms with Crippen molar-refractivity contribution in [2.45, 2.75) is 33.2 Å². The first-order valence-electron chi connectivity index (χ1n) is 6.47. The summed E-state index contributed by atoms with van der Waals surface area (Å²) < 4.78 is 1.70. The molecule has 1 amide bonds. The van der Waals surface area contributed by atoms with E-state index in [9.17, 15) is 4.79 Å². The van der Waals surface area contributed by atoms with Crippen LogP contribution in [0.3, 0.4) is 0 Å². The largest absolute Gasteiger partial charge is 0.338 e. The normalized spacial score (nSPS) is 15.9. The zero-order valence-corrected chi connectivity index (χ0v) is 11.0. The fourth-order valence-corrected chi connectivity index (χ4v) is 2.12. The lowest BCUT2D eigenvalue weighted by molar-refractivity contribution is -0.131. The van der Waals surface area contributed by atoms with E-state index in [1.165, 1.54) is 5.57 Å². The minimum atomic E-state index is 0.205. The third-order valence-corrected chi connectivity index (χ3v) is 3.30. The van der Waals surface area contributed by atoms with Crippen molar-refractivity contribution in [3.63, 3.8) is 0 Å². The topological polar surface area (TPSA) is 51.0 Å². The molecule has 1 aliphatic rings. The summed E-state index contributed by atoms with van der Waals surface area (Å²) in [7, 11) is 0. The van der Waals surface area contributed by atoms with E-state index < -0.39 is 0 Å². The molecule has 0 unspecified atom stereocenters. The van der Waals surface area contributed by atoms with Crippen LogP contribution in [-0.4, -0.2) is 38.9 Å². The SMILES string of the molecule is CC(C)C1=CCCN(C(=O)CCn2ccnn2)C1. The summed E-state index contributed by atoms with van der Waals surface area (Å²) >= 11 is 0. The van der Waals surface area contributed by atoms with Gasteiger partial charge in [0.2, 0.25) is 5.91 Å². The van der Waals surface area contributed by atoms with Crippen molar-refractivity contribution >= 4 is 5.91 Å². The van der Waals surface area contributed by atoms with Crippen LogP contribution in [0.5, 0.6) is 0 Å². The average Bonchev–Trinajstić information content (AvgIpc) is 2.89. The van der Waals surface area contributed by atoms with E-state index >= 15 is 0 Å². The predicted molar refractivity (Wildman–Crippen MR) is 68.8 cm³/mol. The summed E-state index contributed by atoms with van der Waals surface area (Å²) in [6, 6.07) is 0. The van der Waals surface area contributed by atoms with Gasteiger partial charge in [-0.2, -0.15) is 0 Å². The van der Waals surface area contributed by atoms with Crippen molar-refractivity contribution in [2.24, 2.45) is 5.92 Å². The second-order valence-corrected chi connectivity index (χ2v) is 4.95. The molecule has 2 rings (SSSR count). The van der Waals surface area contributed by atoms with Gasteiger partial charge in [0, 0.05) is 25.7 Å². The Morgan fingerprint density at radius 1 is 1.50 bits per heavy atom. The first-order chi connectivity index (χ1) is 8.66. The summed E-state index contributed by atoms with van der Waals surface area (Å²) in [5.41, 5.74) is 1.37. The molecule has 0 radical (unpaired) electrons. The molecule has 0 fully saturated rings. The van der Waals surface area contributed by atoms with Crippen LogP contribution in [0.25, 0.3) is 0 Å². The van der Waals surface area contributed by atoms with E-state index in [1.807, 2.05) is 4.90 Å². The highest BCUT2D eigenvalue weighted by Gasteiger charge is 2.19. The smallest absolute Gasteiger partial charge is 0.224 e. The van der Waals surface area contributed by atoms with Crippen LogP contribution in [0.1, 0.15) is 26.7 Å². The van der Waals surface area contributed by atoms with Crippen LogP contribution in [0, 0.1) is 5.92 Å². The molecule has 98 valence electrons. The summed E-state index contributed by atoms with van der Waals surface area (Å²) in [6.07, 6.45) is 7.15. The zero-order chi connectivity index (χ0) is 13.0. The molecule has 18 heavy (non-hydrogen) atoms. The Bertz CT molecular complexity index is 422. The van der Waals surface area contributed by atoms with Gasteiger partial charge in [0.15, 0.2) is 0 Å². The lowest BCUT2D eigenvalue weighted by atomic mass is 9.98. The fourth-order valence-electron chi connectivity index (χ4n) is 2.12. The molecule has 0 atom stereocenters. The predicted octanol–water partition coefficient (Wildman–Crippen LogP) is 1.48. The molecule has 0 spiro atoms. The number of nitrogens with zero attached hydrogens (tertiary/aromatic N) is 4. The molecule has 0 saturated carbocycles. The Balaban J connectivity index is 1.84. The quantitative estimate of drug-likeness (QED) is 0.758. The number of hydrogen-bond donors (Lipinski definition) is 0. The van der Waals surface area contributed by atoms with Gasteiger partial charge in [0.05, 0.1) is 12.7 Å². The van der Waals surface area contributed by atoms with Gasteiger partial charge in [0.1, 0.15) is 0 Å². The Morgan fingerprint density at radius 2 is 2.33 bits per heavy atom. The molecular formula is C13H20N4O. The molecule has 1 aromatic heterocycles. The third-order valence-electron chi connectivity index (χ3n) is 3.30. The molecule has 5 nitrogen and oxygen atoms in total. The summed E-state index contributed by atoms with van der Waals surface area (Å²) in [6.45, 7) is 6.58. The van der Waals surface area contributed by atoms with Gasteiger partial charge in [-0.05, 0) is 12.3 Å². The Kier molecular flexibility index (Phi) is 4.12. The molecule has 0 saturated heterocycles.